The first kappa shape index (κ1) is 14.0. The van der Waals surface area contributed by atoms with Gasteiger partial charge >= 0.3 is 0 Å². The molecule has 0 aromatic carbocycles. The molecule has 2 unspecified atom stereocenters. The van der Waals surface area contributed by atoms with Gasteiger partial charge in [-0.2, -0.15) is 0 Å². The van der Waals surface area contributed by atoms with E-state index < -0.39 is 0 Å². The van der Waals surface area contributed by atoms with Crippen molar-refractivity contribution < 1.29 is 0 Å². The van der Waals surface area contributed by atoms with E-state index in [0.717, 1.165) is 18.5 Å². The minimum absolute atomic E-state index is 0.605. The number of rotatable bonds is 7. The Morgan fingerprint density at radius 3 is 2.31 bits per heavy atom. The number of nitrogens with zero attached hydrogens (tertiary/aromatic N) is 1. The van der Waals surface area contributed by atoms with E-state index in [2.05, 4.69) is 25.7 Å². The molecule has 2 N–H and O–H groups in total. The van der Waals surface area contributed by atoms with Crippen LogP contribution in [0.15, 0.2) is 0 Å². The molecule has 0 aliphatic heterocycles. The third-order valence-corrected chi connectivity index (χ3v) is 4.23. The van der Waals surface area contributed by atoms with Gasteiger partial charge in [0.1, 0.15) is 0 Å². The highest BCUT2D eigenvalue weighted by atomic mass is 15.2. The third-order valence-electron chi connectivity index (χ3n) is 4.23. The molecule has 1 saturated carbocycles. The van der Waals surface area contributed by atoms with E-state index in [1.807, 2.05) is 0 Å². The van der Waals surface area contributed by atoms with Crippen LogP contribution in [-0.2, 0) is 0 Å². The Morgan fingerprint density at radius 1 is 1.25 bits per heavy atom. The molecule has 2 heteroatoms. The van der Waals surface area contributed by atoms with Gasteiger partial charge in [0.2, 0.25) is 0 Å². The molecule has 96 valence electrons. The Labute approximate surface area is 102 Å². The van der Waals surface area contributed by atoms with Crippen molar-refractivity contribution in [3.05, 3.63) is 0 Å². The fourth-order valence-corrected chi connectivity index (χ4v) is 3.34. The van der Waals surface area contributed by atoms with E-state index in [-0.39, 0.29) is 0 Å². The average Bonchev–Trinajstić information content (AvgIpc) is 2.79. The molecule has 0 heterocycles. The van der Waals surface area contributed by atoms with Gasteiger partial charge in [-0.15, -0.1) is 0 Å². The first-order chi connectivity index (χ1) is 7.74. The van der Waals surface area contributed by atoms with Crippen molar-refractivity contribution in [3.63, 3.8) is 0 Å². The molecule has 0 saturated heterocycles. The van der Waals surface area contributed by atoms with E-state index >= 15 is 0 Å². The lowest BCUT2D eigenvalue weighted by atomic mass is 9.94. The van der Waals surface area contributed by atoms with Crippen LogP contribution in [0, 0.1) is 5.92 Å². The fraction of sp³-hybridized carbons (Fsp3) is 1.00. The van der Waals surface area contributed by atoms with Gasteiger partial charge in [-0.3, -0.25) is 4.90 Å². The van der Waals surface area contributed by atoms with Crippen LogP contribution in [-0.4, -0.2) is 30.1 Å². The van der Waals surface area contributed by atoms with E-state index in [1.54, 1.807) is 0 Å². The van der Waals surface area contributed by atoms with Crippen LogP contribution >= 0.6 is 0 Å². The molecule has 0 amide bonds. The molecular weight excluding hydrogens is 196 g/mol. The van der Waals surface area contributed by atoms with Crippen LogP contribution in [0.5, 0.6) is 0 Å². The summed E-state index contributed by atoms with van der Waals surface area (Å²) in [6.45, 7) is 8.93. The zero-order valence-electron chi connectivity index (χ0n) is 11.4. The molecule has 1 aliphatic carbocycles. The second-order valence-electron chi connectivity index (χ2n) is 5.34. The van der Waals surface area contributed by atoms with Gasteiger partial charge in [0.15, 0.2) is 0 Å². The predicted molar refractivity (Wildman–Crippen MR) is 71.6 cm³/mol. The van der Waals surface area contributed by atoms with Crippen LogP contribution in [0.25, 0.3) is 0 Å². The largest absolute Gasteiger partial charge is 0.329 e. The van der Waals surface area contributed by atoms with Gasteiger partial charge in [0.05, 0.1) is 0 Å². The van der Waals surface area contributed by atoms with Crippen molar-refractivity contribution in [1.29, 1.82) is 0 Å². The van der Waals surface area contributed by atoms with Gasteiger partial charge in [-0.25, -0.2) is 0 Å². The summed E-state index contributed by atoms with van der Waals surface area (Å²) in [4.78, 5) is 2.69. The molecule has 0 radical (unpaired) electrons. The molecule has 1 fully saturated rings. The standard InChI is InChI=1S/C14H30N2/c1-4-8-12(3)14(11-15)16(5-2)13-9-6-7-10-13/h12-14H,4-11,15H2,1-3H3. The fourth-order valence-electron chi connectivity index (χ4n) is 3.34. The number of likely N-dealkylation sites (N-methyl/N-ethyl adjacent to an activating group) is 1. The summed E-state index contributed by atoms with van der Waals surface area (Å²) in [6.07, 6.45) is 8.21. The van der Waals surface area contributed by atoms with Crippen LogP contribution < -0.4 is 5.73 Å². The Kier molecular flexibility index (Phi) is 6.37. The summed E-state index contributed by atoms with van der Waals surface area (Å²) < 4.78 is 0. The summed E-state index contributed by atoms with van der Waals surface area (Å²) in [6, 6.07) is 1.42. The quantitative estimate of drug-likeness (QED) is 0.723. The summed E-state index contributed by atoms with van der Waals surface area (Å²) in [5.74, 6) is 0.746. The lowest BCUT2D eigenvalue weighted by molar-refractivity contribution is 0.105. The monoisotopic (exact) mass is 226 g/mol. The van der Waals surface area contributed by atoms with Crippen molar-refractivity contribution in [2.24, 2.45) is 11.7 Å². The van der Waals surface area contributed by atoms with Gasteiger partial charge in [-0.1, -0.05) is 40.0 Å². The number of hydrogen-bond donors (Lipinski definition) is 1. The van der Waals surface area contributed by atoms with Crippen molar-refractivity contribution in [1.82, 2.24) is 4.90 Å². The van der Waals surface area contributed by atoms with Crippen molar-refractivity contribution in [2.45, 2.75) is 71.4 Å². The molecule has 0 spiro atoms. The molecular formula is C14H30N2. The summed E-state index contributed by atoms with van der Waals surface area (Å²) in [7, 11) is 0. The molecule has 2 nitrogen and oxygen atoms in total. The minimum Gasteiger partial charge on any atom is -0.329 e. The Balaban J connectivity index is 2.58. The molecule has 16 heavy (non-hydrogen) atoms. The molecule has 0 aromatic heterocycles. The minimum atomic E-state index is 0.605. The molecule has 2 atom stereocenters. The van der Waals surface area contributed by atoms with Gasteiger partial charge < -0.3 is 5.73 Å². The molecule has 1 rings (SSSR count). The second kappa shape index (κ2) is 7.29. The number of nitrogens with two attached hydrogens (primary N) is 1. The second-order valence-corrected chi connectivity index (χ2v) is 5.34. The summed E-state index contributed by atoms with van der Waals surface area (Å²) in [5.41, 5.74) is 6.01. The maximum absolute atomic E-state index is 6.01. The van der Waals surface area contributed by atoms with Crippen LogP contribution in [0.4, 0.5) is 0 Å². The topological polar surface area (TPSA) is 29.3 Å². The highest BCUT2D eigenvalue weighted by Gasteiger charge is 2.29. The predicted octanol–water partition coefficient (Wildman–Crippen LogP) is 3.01. The van der Waals surface area contributed by atoms with E-state index in [4.69, 9.17) is 5.73 Å². The lowest BCUT2D eigenvalue weighted by Crippen LogP contribution is -2.49. The third kappa shape index (κ3) is 3.46. The maximum atomic E-state index is 6.01. The lowest BCUT2D eigenvalue weighted by Gasteiger charge is -2.38. The SMILES string of the molecule is CCCC(C)C(CN)N(CC)C1CCCC1. The normalized spacial score (nSPS) is 21.6. The first-order valence-electron chi connectivity index (χ1n) is 7.20. The van der Waals surface area contributed by atoms with Crippen LogP contribution in [0.1, 0.15) is 59.3 Å². The molecule has 1 aliphatic rings. The molecule has 0 bridgehead atoms. The van der Waals surface area contributed by atoms with Crippen LogP contribution in [0.2, 0.25) is 0 Å². The summed E-state index contributed by atoms with van der Waals surface area (Å²) in [5, 5.41) is 0. The smallest absolute Gasteiger partial charge is 0.0246 e. The average molecular weight is 226 g/mol. The van der Waals surface area contributed by atoms with Crippen molar-refractivity contribution in [2.75, 3.05) is 13.1 Å². The zero-order valence-corrected chi connectivity index (χ0v) is 11.4. The highest BCUT2D eigenvalue weighted by molar-refractivity contribution is 4.85. The van der Waals surface area contributed by atoms with E-state index in [0.29, 0.717) is 6.04 Å². The van der Waals surface area contributed by atoms with Gasteiger partial charge in [0.25, 0.3) is 0 Å². The van der Waals surface area contributed by atoms with Crippen molar-refractivity contribution >= 4 is 0 Å². The van der Waals surface area contributed by atoms with Crippen LogP contribution in [0.3, 0.4) is 0 Å². The van der Waals surface area contributed by atoms with E-state index in [9.17, 15) is 0 Å². The Morgan fingerprint density at radius 2 is 1.88 bits per heavy atom. The Bertz CT molecular complexity index is 176. The Hall–Kier alpha value is -0.0800. The maximum Gasteiger partial charge on any atom is 0.0246 e. The van der Waals surface area contributed by atoms with Gasteiger partial charge in [0, 0.05) is 18.6 Å². The van der Waals surface area contributed by atoms with E-state index in [1.165, 1.54) is 45.1 Å². The highest BCUT2D eigenvalue weighted by Crippen LogP contribution is 2.27. The van der Waals surface area contributed by atoms with Crippen molar-refractivity contribution in [3.8, 4) is 0 Å². The zero-order chi connectivity index (χ0) is 12.0. The first-order valence-corrected chi connectivity index (χ1v) is 7.20. The number of hydrogen-bond acceptors (Lipinski definition) is 2. The van der Waals surface area contributed by atoms with Gasteiger partial charge in [-0.05, 0) is 31.7 Å². The summed E-state index contributed by atoms with van der Waals surface area (Å²) >= 11 is 0. The molecule has 0 aromatic rings.